The van der Waals surface area contributed by atoms with E-state index in [2.05, 4.69) is 4.72 Å². The van der Waals surface area contributed by atoms with Gasteiger partial charge in [0.1, 0.15) is 22.5 Å². The van der Waals surface area contributed by atoms with E-state index in [0.29, 0.717) is 18.7 Å². The van der Waals surface area contributed by atoms with E-state index in [-0.39, 0.29) is 40.1 Å². The largest absolute Gasteiger partial charge is 0.492 e. The average molecular weight is 459 g/mol. The summed E-state index contributed by atoms with van der Waals surface area (Å²) in [6.07, 6.45) is 4.18. The SMILES string of the molecule is N#Cc1cc2c(cc1F)N1CCCCC1CCCOc1ccc(C(=O)O)cc1S(=O)(=O)N2. The summed E-state index contributed by atoms with van der Waals surface area (Å²) >= 11 is 0. The van der Waals surface area contributed by atoms with Crippen LogP contribution in [0.2, 0.25) is 0 Å². The second-order valence-corrected chi connectivity index (χ2v) is 9.52. The van der Waals surface area contributed by atoms with Crippen molar-refractivity contribution in [3.05, 3.63) is 47.3 Å². The lowest BCUT2D eigenvalue weighted by Crippen LogP contribution is -2.40. The Hall–Kier alpha value is -3.32. The van der Waals surface area contributed by atoms with Crippen LogP contribution in [0.4, 0.5) is 15.8 Å². The minimum absolute atomic E-state index is 0.0349. The number of nitrogens with one attached hydrogen (secondary N) is 1. The number of carbonyl (C=O) groups is 1. The van der Waals surface area contributed by atoms with E-state index in [4.69, 9.17) is 4.74 Å². The van der Waals surface area contributed by atoms with Gasteiger partial charge in [-0.15, -0.1) is 0 Å². The van der Waals surface area contributed by atoms with E-state index < -0.39 is 21.8 Å². The number of nitrogens with zero attached hydrogens (tertiary/aromatic N) is 2. The zero-order valence-electron chi connectivity index (χ0n) is 17.2. The molecule has 168 valence electrons. The van der Waals surface area contributed by atoms with Gasteiger partial charge in [0.25, 0.3) is 10.0 Å². The molecule has 2 aromatic rings. The highest BCUT2D eigenvalue weighted by atomic mass is 32.2. The Balaban J connectivity index is 1.89. The highest BCUT2D eigenvalue weighted by molar-refractivity contribution is 7.92. The van der Waals surface area contributed by atoms with Gasteiger partial charge in [-0.05, 0) is 56.4 Å². The molecule has 0 saturated carbocycles. The first-order valence-electron chi connectivity index (χ1n) is 10.3. The van der Waals surface area contributed by atoms with E-state index in [0.717, 1.165) is 31.7 Å². The summed E-state index contributed by atoms with van der Waals surface area (Å²) in [5.74, 6) is -1.97. The predicted octanol–water partition coefficient (Wildman–Crippen LogP) is 3.73. The molecule has 8 nitrogen and oxygen atoms in total. The molecule has 0 spiro atoms. The Morgan fingerprint density at radius 2 is 2.00 bits per heavy atom. The number of carboxylic acids is 1. The van der Waals surface area contributed by atoms with Crippen molar-refractivity contribution < 1.29 is 27.4 Å². The quantitative estimate of drug-likeness (QED) is 0.667. The molecule has 1 unspecified atom stereocenters. The zero-order valence-corrected chi connectivity index (χ0v) is 18.0. The van der Waals surface area contributed by atoms with Gasteiger partial charge in [0.05, 0.1) is 29.1 Å². The van der Waals surface area contributed by atoms with E-state index >= 15 is 0 Å². The Kier molecular flexibility index (Phi) is 5.93. The van der Waals surface area contributed by atoms with Gasteiger partial charge < -0.3 is 14.7 Å². The first kappa shape index (κ1) is 21.9. The summed E-state index contributed by atoms with van der Waals surface area (Å²) in [5, 5.41) is 18.6. The van der Waals surface area contributed by atoms with Crippen LogP contribution in [0, 0.1) is 17.1 Å². The van der Waals surface area contributed by atoms with E-state index in [1.165, 1.54) is 24.3 Å². The molecule has 4 rings (SSSR count). The van der Waals surface area contributed by atoms with Crippen molar-refractivity contribution in [1.82, 2.24) is 0 Å². The summed E-state index contributed by atoms with van der Waals surface area (Å²) in [5.41, 5.74) is -0.0601. The number of fused-ring (bicyclic) bond motifs is 4. The molecule has 0 bridgehead atoms. The second kappa shape index (κ2) is 8.67. The number of sulfonamides is 1. The van der Waals surface area contributed by atoms with Gasteiger partial charge in [-0.1, -0.05) is 0 Å². The summed E-state index contributed by atoms with van der Waals surface area (Å²) in [6, 6.07) is 7.84. The van der Waals surface area contributed by atoms with Crippen LogP contribution in [0.3, 0.4) is 0 Å². The number of hydrogen-bond acceptors (Lipinski definition) is 6. The van der Waals surface area contributed by atoms with Crippen LogP contribution in [-0.2, 0) is 10.0 Å². The molecule has 0 amide bonds. The lowest BCUT2D eigenvalue weighted by atomic mass is 9.96. The van der Waals surface area contributed by atoms with Crippen molar-refractivity contribution in [3.63, 3.8) is 0 Å². The molecule has 2 aromatic carbocycles. The topological polar surface area (TPSA) is 120 Å². The van der Waals surface area contributed by atoms with E-state index in [9.17, 15) is 28.0 Å². The van der Waals surface area contributed by atoms with Crippen molar-refractivity contribution in [3.8, 4) is 11.8 Å². The molecular weight excluding hydrogens is 437 g/mol. The number of piperidine rings is 1. The van der Waals surface area contributed by atoms with E-state index in [1.807, 2.05) is 4.90 Å². The van der Waals surface area contributed by atoms with Gasteiger partial charge in [-0.25, -0.2) is 17.6 Å². The van der Waals surface area contributed by atoms with Crippen molar-refractivity contribution in [2.24, 2.45) is 0 Å². The molecule has 10 heteroatoms. The summed E-state index contributed by atoms with van der Waals surface area (Å²) in [4.78, 5) is 13.1. The second-order valence-electron chi connectivity index (χ2n) is 7.87. The molecule has 2 aliphatic rings. The van der Waals surface area contributed by atoms with Crippen LogP contribution < -0.4 is 14.4 Å². The smallest absolute Gasteiger partial charge is 0.335 e. The number of aromatic carboxylic acids is 1. The van der Waals surface area contributed by atoms with Crippen molar-refractivity contribution in [1.29, 1.82) is 5.26 Å². The molecule has 0 aromatic heterocycles. The molecule has 0 aliphatic carbocycles. The highest BCUT2D eigenvalue weighted by Crippen LogP contribution is 2.37. The maximum atomic E-state index is 14.6. The number of halogens is 1. The number of benzene rings is 2. The molecular formula is C22H22FN3O5S. The number of nitriles is 1. The van der Waals surface area contributed by atoms with Crippen LogP contribution in [0.15, 0.2) is 35.2 Å². The minimum Gasteiger partial charge on any atom is -0.492 e. The summed E-state index contributed by atoms with van der Waals surface area (Å²) in [6.45, 7) is 0.888. The fourth-order valence-electron chi connectivity index (χ4n) is 4.26. The Labute approximate surface area is 185 Å². The van der Waals surface area contributed by atoms with Crippen molar-refractivity contribution in [2.75, 3.05) is 22.8 Å². The van der Waals surface area contributed by atoms with Crippen LogP contribution >= 0.6 is 0 Å². The predicted molar refractivity (Wildman–Crippen MR) is 115 cm³/mol. The Morgan fingerprint density at radius 3 is 2.75 bits per heavy atom. The number of hydrogen-bond donors (Lipinski definition) is 2. The van der Waals surface area contributed by atoms with Crippen molar-refractivity contribution in [2.45, 2.75) is 43.0 Å². The molecule has 2 N–H and O–H groups in total. The monoisotopic (exact) mass is 459 g/mol. The van der Waals surface area contributed by atoms with Gasteiger partial charge in [0, 0.05) is 18.7 Å². The number of anilines is 2. The van der Waals surface area contributed by atoms with E-state index in [1.54, 1.807) is 6.07 Å². The van der Waals surface area contributed by atoms with Gasteiger partial charge in [-0.3, -0.25) is 4.72 Å². The third-order valence-corrected chi connectivity index (χ3v) is 7.19. The van der Waals surface area contributed by atoms with Gasteiger partial charge >= 0.3 is 5.97 Å². The first-order chi connectivity index (χ1) is 15.3. The minimum atomic E-state index is -4.31. The fourth-order valence-corrected chi connectivity index (χ4v) is 5.49. The van der Waals surface area contributed by atoms with Crippen LogP contribution in [-0.4, -0.2) is 38.7 Å². The fraction of sp³-hybridized carbons (Fsp3) is 0.364. The summed E-state index contributed by atoms with van der Waals surface area (Å²) < 4.78 is 49.4. The Bertz CT molecular complexity index is 1210. The molecule has 1 atom stereocenters. The molecule has 1 fully saturated rings. The molecule has 2 aliphatic heterocycles. The van der Waals surface area contributed by atoms with Crippen LogP contribution in [0.1, 0.15) is 48.0 Å². The average Bonchev–Trinajstić information content (AvgIpc) is 2.77. The van der Waals surface area contributed by atoms with Crippen LogP contribution in [0.25, 0.3) is 0 Å². The van der Waals surface area contributed by atoms with Crippen LogP contribution in [0.5, 0.6) is 5.75 Å². The van der Waals surface area contributed by atoms with Gasteiger partial charge in [-0.2, -0.15) is 5.26 Å². The first-order valence-corrected chi connectivity index (χ1v) is 11.8. The third kappa shape index (κ3) is 4.21. The highest BCUT2D eigenvalue weighted by Gasteiger charge is 2.29. The molecule has 2 heterocycles. The van der Waals surface area contributed by atoms with Crippen molar-refractivity contribution >= 4 is 27.4 Å². The summed E-state index contributed by atoms with van der Waals surface area (Å²) in [7, 11) is -4.31. The third-order valence-electron chi connectivity index (χ3n) is 5.81. The molecule has 32 heavy (non-hydrogen) atoms. The van der Waals surface area contributed by atoms with Gasteiger partial charge in [0.2, 0.25) is 0 Å². The number of carboxylic acid groups (broad SMARTS) is 1. The lowest BCUT2D eigenvalue weighted by Gasteiger charge is -2.39. The lowest BCUT2D eigenvalue weighted by molar-refractivity contribution is 0.0696. The molecule has 1 saturated heterocycles. The maximum Gasteiger partial charge on any atom is 0.335 e. The zero-order chi connectivity index (χ0) is 22.9. The number of ether oxygens (including phenoxy) is 1. The molecule has 0 radical (unpaired) electrons. The van der Waals surface area contributed by atoms with Gasteiger partial charge in [0.15, 0.2) is 0 Å². The normalized spacial score (nSPS) is 20.0. The maximum absolute atomic E-state index is 14.6. The number of rotatable bonds is 1. The standard InChI is InChI=1S/C22H22FN3O5S/c23-17-12-19-18(10-15(17)13-24)25-32(29,30)21-11-14(22(27)28)6-7-20(21)31-9-3-5-16-4-1-2-8-26(16)19/h6-7,10-12,16,25H,1-5,8-9H2,(H,27,28). The Morgan fingerprint density at radius 1 is 1.22 bits per heavy atom.